The molecular formula is C20H24N4O3. The monoisotopic (exact) mass is 368 g/mol. The molecule has 3 rings (SSSR count). The van der Waals surface area contributed by atoms with Crippen LogP contribution in [0.5, 0.6) is 5.75 Å². The Morgan fingerprint density at radius 1 is 1.11 bits per heavy atom. The van der Waals surface area contributed by atoms with Crippen molar-refractivity contribution in [1.82, 2.24) is 19.9 Å². The molecule has 0 fully saturated rings. The van der Waals surface area contributed by atoms with E-state index in [0.717, 1.165) is 5.65 Å². The summed E-state index contributed by atoms with van der Waals surface area (Å²) >= 11 is 0. The fourth-order valence-electron chi connectivity index (χ4n) is 2.84. The maximum atomic E-state index is 13.0. The molecule has 7 heteroatoms. The number of carbonyl (C=O) groups excluding carboxylic acids is 1. The predicted octanol–water partition coefficient (Wildman–Crippen LogP) is 2.88. The van der Waals surface area contributed by atoms with Crippen LogP contribution in [0.15, 0.2) is 48.7 Å². The standard InChI is InChI=1S/C20H24N4O3/c1-14(2)18(19-23-22-17-10-6-7-11-24(17)19)21-20(25)15-8-4-5-9-16(15)27-13-12-26-3/h4-11,14,18H,12-13H2,1-3H3,(H,21,25)/t18-/m0/s1. The number of hydrogen-bond donors (Lipinski definition) is 1. The molecule has 3 aromatic rings. The van der Waals surface area contributed by atoms with Crippen LogP contribution in [0.1, 0.15) is 36.1 Å². The zero-order valence-corrected chi connectivity index (χ0v) is 15.8. The van der Waals surface area contributed by atoms with Crippen LogP contribution in [-0.2, 0) is 4.74 Å². The van der Waals surface area contributed by atoms with Gasteiger partial charge in [-0.05, 0) is 30.2 Å². The molecule has 1 amide bonds. The lowest BCUT2D eigenvalue weighted by molar-refractivity contribution is 0.0915. The van der Waals surface area contributed by atoms with Gasteiger partial charge in [-0.2, -0.15) is 0 Å². The molecule has 1 N–H and O–H groups in total. The zero-order chi connectivity index (χ0) is 19.2. The van der Waals surface area contributed by atoms with E-state index < -0.39 is 0 Å². The minimum Gasteiger partial charge on any atom is -0.490 e. The van der Waals surface area contributed by atoms with Gasteiger partial charge in [-0.25, -0.2) is 0 Å². The molecule has 0 radical (unpaired) electrons. The van der Waals surface area contributed by atoms with Gasteiger partial charge in [0.1, 0.15) is 12.4 Å². The smallest absolute Gasteiger partial charge is 0.255 e. The van der Waals surface area contributed by atoms with Gasteiger partial charge in [-0.3, -0.25) is 9.20 Å². The van der Waals surface area contributed by atoms with Crippen LogP contribution in [0, 0.1) is 5.92 Å². The lowest BCUT2D eigenvalue weighted by atomic mass is 10.0. The Hall–Kier alpha value is -2.93. The van der Waals surface area contributed by atoms with Crippen LogP contribution in [0.2, 0.25) is 0 Å². The van der Waals surface area contributed by atoms with Gasteiger partial charge in [0.2, 0.25) is 0 Å². The summed E-state index contributed by atoms with van der Waals surface area (Å²) in [6.07, 6.45) is 1.90. The summed E-state index contributed by atoms with van der Waals surface area (Å²) in [6, 6.07) is 12.6. The van der Waals surface area contributed by atoms with E-state index in [1.54, 1.807) is 19.2 Å². The molecule has 0 spiro atoms. The molecule has 1 aromatic carbocycles. The van der Waals surface area contributed by atoms with Crippen molar-refractivity contribution in [2.45, 2.75) is 19.9 Å². The second-order valence-electron chi connectivity index (χ2n) is 6.52. The molecule has 0 saturated heterocycles. The fourth-order valence-corrected chi connectivity index (χ4v) is 2.84. The number of ether oxygens (including phenoxy) is 2. The quantitative estimate of drug-likeness (QED) is 0.619. The summed E-state index contributed by atoms with van der Waals surface area (Å²) in [7, 11) is 1.61. The molecule has 142 valence electrons. The molecule has 0 unspecified atom stereocenters. The zero-order valence-electron chi connectivity index (χ0n) is 15.8. The van der Waals surface area contributed by atoms with Crippen molar-refractivity contribution in [2.75, 3.05) is 20.3 Å². The van der Waals surface area contributed by atoms with Crippen LogP contribution in [0.4, 0.5) is 0 Å². The Kier molecular flexibility index (Phi) is 6.03. The summed E-state index contributed by atoms with van der Waals surface area (Å²) < 4.78 is 12.6. The van der Waals surface area contributed by atoms with Crippen molar-refractivity contribution < 1.29 is 14.3 Å². The first-order valence-corrected chi connectivity index (χ1v) is 8.93. The molecule has 2 aromatic heterocycles. The largest absolute Gasteiger partial charge is 0.490 e. The van der Waals surface area contributed by atoms with Gasteiger partial charge in [0, 0.05) is 13.3 Å². The number of aromatic nitrogens is 3. The summed E-state index contributed by atoms with van der Waals surface area (Å²) in [4.78, 5) is 13.0. The Balaban J connectivity index is 1.85. The third kappa shape index (κ3) is 4.25. The maximum absolute atomic E-state index is 13.0. The summed E-state index contributed by atoms with van der Waals surface area (Å²) in [5, 5.41) is 11.6. The average Bonchev–Trinajstić information content (AvgIpc) is 3.10. The first-order valence-electron chi connectivity index (χ1n) is 8.93. The van der Waals surface area contributed by atoms with Crippen molar-refractivity contribution in [1.29, 1.82) is 0 Å². The predicted molar refractivity (Wildman–Crippen MR) is 102 cm³/mol. The van der Waals surface area contributed by atoms with E-state index in [1.165, 1.54) is 0 Å². The van der Waals surface area contributed by atoms with Gasteiger partial charge in [-0.1, -0.05) is 32.0 Å². The number of methoxy groups -OCH3 is 1. The Morgan fingerprint density at radius 2 is 1.89 bits per heavy atom. The second-order valence-corrected chi connectivity index (χ2v) is 6.52. The molecule has 7 nitrogen and oxygen atoms in total. The van der Waals surface area contributed by atoms with Gasteiger partial charge in [0.15, 0.2) is 11.5 Å². The molecule has 0 aliphatic carbocycles. The van der Waals surface area contributed by atoms with Crippen LogP contribution < -0.4 is 10.1 Å². The van der Waals surface area contributed by atoms with E-state index in [4.69, 9.17) is 9.47 Å². The average molecular weight is 368 g/mol. The van der Waals surface area contributed by atoms with Gasteiger partial charge in [0.25, 0.3) is 5.91 Å². The van der Waals surface area contributed by atoms with Gasteiger partial charge in [0.05, 0.1) is 18.2 Å². The van der Waals surface area contributed by atoms with Crippen molar-refractivity contribution in [2.24, 2.45) is 5.92 Å². The first kappa shape index (κ1) is 18.8. The normalized spacial score (nSPS) is 12.3. The molecule has 2 heterocycles. The molecule has 0 aliphatic heterocycles. The third-order valence-corrected chi connectivity index (χ3v) is 4.25. The minimum atomic E-state index is -0.290. The van der Waals surface area contributed by atoms with E-state index in [-0.39, 0.29) is 17.9 Å². The molecule has 27 heavy (non-hydrogen) atoms. The van der Waals surface area contributed by atoms with Gasteiger partial charge >= 0.3 is 0 Å². The number of benzene rings is 1. The van der Waals surface area contributed by atoms with Crippen LogP contribution in [0.3, 0.4) is 0 Å². The van der Waals surface area contributed by atoms with Gasteiger partial charge < -0.3 is 14.8 Å². The number of amides is 1. The van der Waals surface area contributed by atoms with Crippen molar-refractivity contribution in [3.05, 3.63) is 60.0 Å². The minimum absolute atomic E-state index is 0.128. The van der Waals surface area contributed by atoms with Crippen molar-refractivity contribution in [3.8, 4) is 5.75 Å². The number of hydrogen-bond acceptors (Lipinski definition) is 5. The topological polar surface area (TPSA) is 77.8 Å². The number of para-hydroxylation sites is 1. The molecule has 0 bridgehead atoms. The second kappa shape index (κ2) is 8.64. The third-order valence-electron chi connectivity index (χ3n) is 4.25. The van der Waals surface area contributed by atoms with Crippen LogP contribution >= 0.6 is 0 Å². The Morgan fingerprint density at radius 3 is 2.67 bits per heavy atom. The van der Waals surface area contributed by atoms with E-state index in [1.807, 2.05) is 54.8 Å². The fraction of sp³-hybridized carbons (Fsp3) is 0.350. The summed E-state index contributed by atoms with van der Waals surface area (Å²) in [5.74, 6) is 1.14. The summed E-state index contributed by atoms with van der Waals surface area (Å²) in [5.41, 5.74) is 1.23. The van der Waals surface area contributed by atoms with E-state index in [2.05, 4.69) is 15.5 Å². The van der Waals surface area contributed by atoms with Crippen molar-refractivity contribution in [3.63, 3.8) is 0 Å². The number of pyridine rings is 1. The van der Waals surface area contributed by atoms with E-state index >= 15 is 0 Å². The lowest BCUT2D eigenvalue weighted by Gasteiger charge is -2.21. The number of nitrogens with zero attached hydrogens (tertiary/aromatic N) is 3. The number of nitrogens with one attached hydrogen (secondary N) is 1. The highest BCUT2D eigenvalue weighted by molar-refractivity contribution is 5.97. The van der Waals surface area contributed by atoms with E-state index in [0.29, 0.717) is 30.4 Å². The maximum Gasteiger partial charge on any atom is 0.255 e. The molecule has 1 atom stereocenters. The molecule has 0 saturated carbocycles. The first-order chi connectivity index (χ1) is 13.1. The van der Waals surface area contributed by atoms with Crippen LogP contribution in [0.25, 0.3) is 5.65 Å². The van der Waals surface area contributed by atoms with Gasteiger partial charge in [-0.15, -0.1) is 10.2 Å². The Bertz CT molecular complexity index is 907. The Labute approximate surface area is 158 Å². The highest BCUT2D eigenvalue weighted by Gasteiger charge is 2.25. The van der Waals surface area contributed by atoms with Crippen LogP contribution in [-0.4, -0.2) is 40.8 Å². The number of carbonyl (C=O) groups is 1. The van der Waals surface area contributed by atoms with Crippen molar-refractivity contribution >= 4 is 11.6 Å². The lowest BCUT2D eigenvalue weighted by Crippen LogP contribution is -2.33. The molecule has 0 aliphatic rings. The highest BCUT2D eigenvalue weighted by atomic mass is 16.5. The highest BCUT2D eigenvalue weighted by Crippen LogP contribution is 2.24. The van der Waals surface area contributed by atoms with E-state index in [9.17, 15) is 4.79 Å². The number of rotatable bonds is 8. The summed E-state index contributed by atoms with van der Waals surface area (Å²) in [6.45, 7) is 4.91. The number of fused-ring (bicyclic) bond motifs is 1. The molecular weight excluding hydrogens is 344 g/mol. The SMILES string of the molecule is COCCOc1ccccc1C(=O)N[C@H](c1nnc2ccccn12)C(C)C.